The SMILES string of the molecule is CSc1ccc(CN(C)C(=O)C2CNC(=O)CN2)cc1. The third-order valence-electron chi connectivity index (χ3n) is 3.27. The summed E-state index contributed by atoms with van der Waals surface area (Å²) >= 11 is 1.69. The molecule has 0 bridgehead atoms. The Labute approximate surface area is 123 Å². The van der Waals surface area contributed by atoms with Gasteiger partial charge in [-0.25, -0.2) is 0 Å². The first-order valence-electron chi connectivity index (χ1n) is 6.48. The van der Waals surface area contributed by atoms with Gasteiger partial charge in [-0.3, -0.25) is 14.9 Å². The van der Waals surface area contributed by atoms with E-state index in [9.17, 15) is 9.59 Å². The molecule has 1 fully saturated rings. The predicted molar refractivity (Wildman–Crippen MR) is 79.5 cm³/mol. The van der Waals surface area contributed by atoms with Crippen LogP contribution in [0.15, 0.2) is 29.2 Å². The Kier molecular flexibility index (Phi) is 5.03. The van der Waals surface area contributed by atoms with E-state index in [0.29, 0.717) is 13.1 Å². The molecule has 20 heavy (non-hydrogen) atoms. The van der Waals surface area contributed by atoms with Gasteiger partial charge >= 0.3 is 0 Å². The van der Waals surface area contributed by atoms with Crippen LogP contribution in [-0.2, 0) is 16.1 Å². The zero-order valence-corrected chi connectivity index (χ0v) is 12.5. The lowest BCUT2D eigenvalue weighted by molar-refractivity contribution is -0.134. The van der Waals surface area contributed by atoms with E-state index in [-0.39, 0.29) is 24.4 Å². The molecule has 1 aliphatic rings. The van der Waals surface area contributed by atoms with Crippen molar-refractivity contribution < 1.29 is 9.59 Å². The molecule has 6 heteroatoms. The average molecular weight is 293 g/mol. The van der Waals surface area contributed by atoms with E-state index >= 15 is 0 Å². The minimum atomic E-state index is -0.330. The number of benzene rings is 1. The number of nitrogens with one attached hydrogen (secondary N) is 2. The molecule has 1 atom stereocenters. The van der Waals surface area contributed by atoms with Gasteiger partial charge in [0.15, 0.2) is 0 Å². The van der Waals surface area contributed by atoms with Gasteiger partial charge in [-0.05, 0) is 24.0 Å². The summed E-state index contributed by atoms with van der Waals surface area (Å²) in [6.07, 6.45) is 2.04. The molecule has 1 unspecified atom stereocenters. The highest BCUT2D eigenvalue weighted by Crippen LogP contribution is 2.15. The van der Waals surface area contributed by atoms with Crippen molar-refractivity contribution in [2.45, 2.75) is 17.5 Å². The highest BCUT2D eigenvalue weighted by atomic mass is 32.2. The second-order valence-electron chi connectivity index (χ2n) is 4.78. The van der Waals surface area contributed by atoms with Gasteiger partial charge in [0.25, 0.3) is 0 Å². The van der Waals surface area contributed by atoms with E-state index in [1.54, 1.807) is 23.7 Å². The molecule has 0 spiro atoms. The fourth-order valence-electron chi connectivity index (χ4n) is 2.09. The third-order valence-corrected chi connectivity index (χ3v) is 4.01. The summed E-state index contributed by atoms with van der Waals surface area (Å²) in [5.74, 6) is -0.0664. The molecule has 2 N–H and O–H groups in total. The van der Waals surface area contributed by atoms with Crippen LogP contribution in [0, 0.1) is 0 Å². The van der Waals surface area contributed by atoms with Crippen LogP contribution in [0.25, 0.3) is 0 Å². The lowest BCUT2D eigenvalue weighted by Gasteiger charge is -2.27. The Morgan fingerprint density at radius 1 is 1.40 bits per heavy atom. The molecule has 2 rings (SSSR count). The fraction of sp³-hybridized carbons (Fsp3) is 0.429. The quantitative estimate of drug-likeness (QED) is 0.792. The van der Waals surface area contributed by atoms with Crippen molar-refractivity contribution in [3.63, 3.8) is 0 Å². The molecule has 2 amide bonds. The maximum absolute atomic E-state index is 12.2. The summed E-state index contributed by atoms with van der Waals surface area (Å²) in [6.45, 7) is 1.12. The van der Waals surface area contributed by atoms with Crippen LogP contribution in [-0.4, -0.2) is 49.1 Å². The standard InChI is InChI=1S/C14H19N3O2S/c1-17(9-10-3-5-11(20-2)6-4-10)14(19)12-7-16-13(18)8-15-12/h3-6,12,15H,7-9H2,1-2H3,(H,16,18). The fourth-order valence-corrected chi connectivity index (χ4v) is 2.50. The Bertz CT molecular complexity index is 480. The highest BCUT2D eigenvalue weighted by molar-refractivity contribution is 7.98. The van der Waals surface area contributed by atoms with E-state index in [1.165, 1.54) is 4.90 Å². The minimum Gasteiger partial charge on any atom is -0.353 e. The van der Waals surface area contributed by atoms with Gasteiger partial charge in [-0.2, -0.15) is 0 Å². The molecule has 108 valence electrons. The number of likely N-dealkylation sites (N-methyl/N-ethyl adjacent to an activating group) is 1. The number of hydrogen-bond acceptors (Lipinski definition) is 4. The topological polar surface area (TPSA) is 61.4 Å². The van der Waals surface area contributed by atoms with Crippen LogP contribution in [0.2, 0.25) is 0 Å². The van der Waals surface area contributed by atoms with Crippen molar-refractivity contribution >= 4 is 23.6 Å². The van der Waals surface area contributed by atoms with Crippen molar-refractivity contribution in [3.8, 4) is 0 Å². The summed E-state index contributed by atoms with van der Waals surface area (Å²) in [4.78, 5) is 26.2. The van der Waals surface area contributed by atoms with E-state index in [1.807, 2.05) is 18.4 Å². The van der Waals surface area contributed by atoms with Gasteiger partial charge < -0.3 is 10.2 Å². The zero-order valence-electron chi connectivity index (χ0n) is 11.7. The van der Waals surface area contributed by atoms with Crippen LogP contribution >= 0.6 is 11.8 Å². The summed E-state index contributed by atoms with van der Waals surface area (Å²) in [6, 6.07) is 7.84. The van der Waals surface area contributed by atoms with Gasteiger partial charge in [0, 0.05) is 25.0 Å². The van der Waals surface area contributed by atoms with Crippen molar-refractivity contribution in [2.75, 3.05) is 26.4 Å². The summed E-state index contributed by atoms with van der Waals surface area (Å²) in [5.41, 5.74) is 1.10. The van der Waals surface area contributed by atoms with Crippen molar-refractivity contribution in [1.82, 2.24) is 15.5 Å². The Morgan fingerprint density at radius 3 is 2.65 bits per heavy atom. The molecule has 1 aromatic rings. The van der Waals surface area contributed by atoms with E-state index in [0.717, 1.165) is 5.56 Å². The zero-order chi connectivity index (χ0) is 14.5. The third kappa shape index (κ3) is 3.74. The van der Waals surface area contributed by atoms with Gasteiger partial charge in [-0.15, -0.1) is 11.8 Å². The summed E-state index contributed by atoms with van der Waals surface area (Å²) < 4.78 is 0. The van der Waals surface area contributed by atoms with Gasteiger partial charge in [0.1, 0.15) is 6.04 Å². The maximum Gasteiger partial charge on any atom is 0.241 e. The van der Waals surface area contributed by atoms with Crippen molar-refractivity contribution in [1.29, 1.82) is 0 Å². The smallest absolute Gasteiger partial charge is 0.241 e. The number of rotatable bonds is 4. The van der Waals surface area contributed by atoms with E-state index in [4.69, 9.17) is 0 Å². The number of carbonyl (C=O) groups excluding carboxylic acids is 2. The first kappa shape index (κ1) is 14.9. The summed E-state index contributed by atoms with van der Waals surface area (Å²) in [7, 11) is 1.78. The number of carbonyl (C=O) groups is 2. The molecule has 5 nitrogen and oxygen atoms in total. The molecule has 1 aromatic carbocycles. The monoisotopic (exact) mass is 293 g/mol. The first-order valence-corrected chi connectivity index (χ1v) is 7.70. The molecular formula is C14H19N3O2S. The van der Waals surface area contributed by atoms with Crippen LogP contribution in [0.4, 0.5) is 0 Å². The molecular weight excluding hydrogens is 274 g/mol. The number of hydrogen-bond donors (Lipinski definition) is 2. The molecule has 0 saturated carbocycles. The maximum atomic E-state index is 12.2. The largest absolute Gasteiger partial charge is 0.353 e. The van der Waals surface area contributed by atoms with Crippen molar-refractivity contribution in [2.24, 2.45) is 0 Å². The molecule has 0 radical (unpaired) electrons. The second-order valence-corrected chi connectivity index (χ2v) is 5.66. The van der Waals surface area contributed by atoms with Gasteiger partial charge in [-0.1, -0.05) is 12.1 Å². The predicted octanol–water partition coefficient (Wildman–Crippen LogP) is 0.455. The highest BCUT2D eigenvalue weighted by Gasteiger charge is 2.26. The minimum absolute atomic E-state index is 0.000979. The summed E-state index contributed by atoms with van der Waals surface area (Å²) in [5, 5.41) is 5.64. The van der Waals surface area contributed by atoms with Crippen LogP contribution in [0.3, 0.4) is 0 Å². The molecule has 0 aromatic heterocycles. The van der Waals surface area contributed by atoms with E-state index in [2.05, 4.69) is 22.8 Å². The van der Waals surface area contributed by atoms with Gasteiger partial charge in [0.2, 0.25) is 11.8 Å². The van der Waals surface area contributed by atoms with Crippen LogP contribution < -0.4 is 10.6 Å². The van der Waals surface area contributed by atoms with Crippen molar-refractivity contribution in [3.05, 3.63) is 29.8 Å². The normalized spacial score (nSPS) is 18.5. The lowest BCUT2D eigenvalue weighted by atomic mass is 10.1. The lowest BCUT2D eigenvalue weighted by Crippen LogP contribution is -2.58. The Balaban J connectivity index is 1.91. The molecule has 1 aliphatic heterocycles. The van der Waals surface area contributed by atoms with E-state index < -0.39 is 0 Å². The number of amides is 2. The van der Waals surface area contributed by atoms with Crippen LogP contribution in [0.5, 0.6) is 0 Å². The molecule has 0 aliphatic carbocycles. The Hall–Kier alpha value is -1.53. The Morgan fingerprint density at radius 2 is 2.10 bits per heavy atom. The molecule has 1 heterocycles. The van der Waals surface area contributed by atoms with Crippen LogP contribution in [0.1, 0.15) is 5.56 Å². The number of piperazine rings is 1. The number of nitrogens with zero attached hydrogens (tertiary/aromatic N) is 1. The first-order chi connectivity index (χ1) is 9.60. The average Bonchev–Trinajstić information content (AvgIpc) is 2.48. The number of thioether (sulfide) groups is 1. The van der Waals surface area contributed by atoms with Gasteiger partial charge in [0.05, 0.1) is 6.54 Å². The second kappa shape index (κ2) is 6.76. The molecule has 1 saturated heterocycles.